The number of halogens is 1. The summed E-state index contributed by atoms with van der Waals surface area (Å²) in [7, 11) is 0. The van der Waals surface area contributed by atoms with Crippen LogP contribution >= 0.6 is 11.6 Å². The number of benzene rings is 1. The largest absolute Gasteiger partial charge is 0.303 e. The third kappa shape index (κ3) is 2.73. The van der Waals surface area contributed by atoms with Gasteiger partial charge in [-0.05, 0) is 49.5 Å². The van der Waals surface area contributed by atoms with Gasteiger partial charge in [-0.3, -0.25) is 0 Å². The van der Waals surface area contributed by atoms with Crippen LogP contribution in [0, 0.1) is 0 Å². The van der Waals surface area contributed by atoms with Crippen LogP contribution in [-0.4, -0.2) is 24.5 Å². The van der Waals surface area contributed by atoms with Gasteiger partial charge in [-0.15, -0.1) is 0 Å². The van der Waals surface area contributed by atoms with Gasteiger partial charge in [0.2, 0.25) is 0 Å². The lowest BCUT2D eigenvalue weighted by atomic mass is 9.91. The second-order valence-corrected chi connectivity index (χ2v) is 4.72. The number of hydrogen-bond donors (Lipinski definition) is 0. The van der Waals surface area contributed by atoms with Gasteiger partial charge in [0.05, 0.1) is 0 Å². The summed E-state index contributed by atoms with van der Waals surface area (Å²) in [6, 6.07) is 8.35. The zero-order valence-corrected chi connectivity index (χ0v) is 10.0. The Hall–Kier alpha value is -0.530. The lowest BCUT2D eigenvalue weighted by Gasteiger charge is -2.32. The zero-order valence-electron chi connectivity index (χ0n) is 9.25. The molecule has 0 aliphatic carbocycles. The van der Waals surface area contributed by atoms with Crippen molar-refractivity contribution < 1.29 is 0 Å². The van der Waals surface area contributed by atoms with Gasteiger partial charge < -0.3 is 4.90 Å². The molecule has 0 N–H and O–H groups in total. The van der Waals surface area contributed by atoms with E-state index in [0.717, 1.165) is 5.02 Å². The molecule has 0 aromatic heterocycles. The highest BCUT2D eigenvalue weighted by Crippen LogP contribution is 2.27. The van der Waals surface area contributed by atoms with E-state index >= 15 is 0 Å². The van der Waals surface area contributed by atoms with Crippen molar-refractivity contribution >= 4 is 11.6 Å². The Morgan fingerprint density at radius 3 is 2.73 bits per heavy atom. The molecule has 0 amide bonds. The topological polar surface area (TPSA) is 3.24 Å². The Kier molecular flexibility index (Phi) is 3.66. The highest BCUT2D eigenvalue weighted by atomic mass is 35.5. The van der Waals surface area contributed by atoms with Crippen LogP contribution in [0.4, 0.5) is 0 Å². The number of likely N-dealkylation sites (N-methyl/N-ethyl adjacent to an activating group) is 1. The summed E-state index contributed by atoms with van der Waals surface area (Å²) < 4.78 is 0. The maximum Gasteiger partial charge on any atom is 0.0406 e. The molecular formula is C13H18ClN. The van der Waals surface area contributed by atoms with Crippen LogP contribution < -0.4 is 0 Å². The van der Waals surface area contributed by atoms with Gasteiger partial charge in [0.25, 0.3) is 0 Å². The normalized spacial score (nSPS) is 22.9. The monoisotopic (exact) mass is 223 g/mol. The van der Waals surface area contributed by atoms with Crippen molar-refractivity contribution in [1.82, 2.24) is 4.90 Å². The molecule has 0 unspecified atom stereocenters. The summed E-state index contributed by atoms with van der Waals surface area (Å²) in [5.41, 5.74) is 1.44. The first-order valence-corrected chi connectivity index (χ1v) is 6.15. The molecule has 82 valence electrons. The molecular weight excluding hydrogens is 206 g/mol. The molecule has 2 heteroatoms. The minimum atomic E-state index is 0.705. The second-order valence-electron chi connectivity index (χ2n) is 4.28. The molecule has 1 saturated heterocycles. The van der Waals surface area contributed by atoms with Crippen molar-refractivity contribution in [1.29, 1.82) is 0 Å². The van der Waals surface area contributed by atoms with Gasteiger partial charge in [-0.2, -0.15) is 0 Å². The molecule has 15 heavy (non-hydrogen) atoms. The van der Waals surface area contributed by atoms with Gasteiger partial charge >= 0.3 is 0 Å². The van der Waals surface area contributed by atoms with Gasteiger partial charge in [0.1, 0.15) is 0 Å². The van der Waals surface area contributed by atoms with E-state index in [2.05, 4.69) is 24.0 Å². The van der Waals surface area contributed by atoms with Crippen molar-refractivity contribution in [3.63, 3.8) is 0 Å². The molecule has 0 bridgehead atoms. The first kappa shape index (κ1) is 11.0. The molecule has 1 aromatic rings. The first-order valence-electron chi connectivity index (χ1n) is 5.77. The Morgan fingerprint density at radius 1 is 1.33 bits per heavy atom. The van der Waals surface area contributed by atoms with Crippen molar-refractivity contribution in [2.75, 3.05) is 19.6 Å². The number of nitrogens with zero attached hydrogens (tertiary/aromatic N) is 1. The Morgan fingerprint density at radius 2 is 2.07 bits per heavy atom. The van der Waals surface area contributed by atoms with Crippen LogP contribution in [0.25, 0.3) is 0 Å². The third-order valence-electron chi connectivity index (χ3n) is 3.29. The molecule has 1 fully saturated rings. The maximum absolute atomic E-state index is 5.90. The standard InChI is InChI=1S/C13H18ClN/c1-2-15-9-3-4-12(10-15)11-5-7-13(14)8-6-11/h5-8,12H,2-4,9-10H2,1H3/t12-/m0/s1. The van der Waals surface area contributed by atoms with E-state index in [0.29, 0.717) is 5.92 Å². The minimum Gasteiger partial charge on any atom is -0.303 e. The van der Waals surface area contributed by atoms with Gasteiger partial charge in [-0.1, -0.05) is 30.7 Å². The van der Waals surface area contributed by atoms with E-state index in [-0.39, 0.29) is 0 Å². The van der Waals surface area contributed by atoms with Gasteiger partial charge in [0.15, 0.2) is 0 Å². The molecule has 2 rings (SSSR count). The van der Waals surface area contributed by atoms with Crippen molar-refractivity contribution in [3.05, 3.63) is 34.9 Å². The molecule has 0 saturated carbocycles. The highest BCUT2D eigenvalue weighted by molar-refractivity contribution is 6.30. The molecule has 1 nitrogen and oxygen atoms in total. The SMILES string of the molecule is CCN1CCC[C@H](c2ccc(Cl)cc2)C1. The first-order chi connectivity index (χ1) is 7.29. The summed E-state index contributed by atoms with van der Waals surface area (Å²) in [4.78, 5) is 2.53. The van der Waals surface area contributed by atoms with Crippen LogP contribution in [0.15, 0.2) is 24.3 Å². The van der Waals surface area contributed by atoms with E-state index in [1.165, 1.54) is 38.0 Å². The predicted octanol–water partition coefficient (Wildman–Crippen LogP) is 3.54. The maximum atomic E-state index is 5.90. The zero-order chi connectivity index (χ0) is 10.7. The molecule has 1 aliphatic rings. The van der Waals surface area contributed by atoms with Crippen LogP contribution in [0.3, 0.4) is 0 Å². The Bertz CT molecular complexity index is 307. The van der Waals surface area contributed by atoms with Crippen LogP contribution in [0.2, 0.25) is 5.02 Å². The highest BCUT2D eigenvalue weighted by Gasteiger charge is 2.19. The Balaban J connectivity index is 2.06. The summed E-state index contributed by atoms with van der Waals surface area (Å²) >= 11 is 5.90. The van der Waals surface area contributed by atoms with E-state index in [4.69, 9.17) is 11.6 Å². The predicted molar refractivity (Wildman–Crippen MR) is 65.5 cm³/mol. The van der Waals surface area contributed by atoms with E-state index < -0.39 is 0 Å². The summed E-state index contributed by atoms with van der Waals surface area (Å²) in [5, 5.41) is 0.835. The smallest absolute Gasteiger partial charge is 0.0406 e. The molecule has 1 aromatic carbocycles. The molecule has 0 spiro atoms. The van der Waals surface area contributed by atoms with Crippen LogP contribution in [0.1, 0.15) is 31.2 Å². The van der Waals surface area contributed by atoms with E-state index in [9.17, 15) is 0 Å². The lowest BCUT2D eigenvalue weighted by Crippen LogP contribution is -2.34. The average molecular weight is 224 g/mol. The molecule has 1 aliphatic heterocycles. The van der Waals surface area contributed by atoms with Gasteiger partial charge in [-0.25, -0.2) is 0 Å². The molecule has 1 heterocycles. The van der Waals surface area contributed by atoms with E-state index in [1.807, 2.05) is 12.1 Å². The van der Waals surface area contributed by atoms with Gasteiger partial charge in [0, 0.05) is 11.6 Å². The fraction of sp³-hybridized carbons (Fsp3) is 0.538. The number of piperidine rings is 1. The molecule has 1 atom stereocenters. The second kappa shape index (κ2) is 5.00. The van der Waals surface area contributed by atoms with Crippen molar-refractivity contribution in [3.8, 4) is 0 Å². The molecule has 0 radical (unpaired) electrons. The minimum absolute atomic E-state index is 0.705. The Labute approximate surface area is 97.0 Å². The summed E-state index contributed by atoms with van der Waals surface area (Å²) in [6.45, 7) is 5.88. The number of rotatable bonds is 2. The number of hydrogen-bond acceptors (Lipinski definition) is 1. The number of likely N-dealkylation sites (tertiary alicyclic amines) is 1. The summed E-state index contributed by atoms with van der Waals surface area (Å²) in [5.74, 6) is 0.705. The van der Waals surface area contributed by atoms with E-state index in [1.54, 1.807) is 0 Å². The quantitative estimate of drug-likeness (QED) is 0.742. The van der Waals surface area contributed by atoms with Crippen molar-refractivity contribution in [2.45, 2.75) is 25.7 Å². The third-order valence-corrected chi connectivity index (χ3v) is 3.55. The van der Waals surface area contributed by atoms with Crippen molar-refractivity contribution in [2.24, 2.45) is 0 Å². The van der Waals surface area contributed by atoms with Crippen LogP contribution in [0.5, 0.6) is 0 Å². The fourth-order valence-electron chi connectivity index (χ4n) is 2.35. The average Bonchev–Trinajstić information content (AvgIpc) is 2.30. The fourth-order valence-corrected chi connectivity index (χ4v) is 2.48. The van der Waals surface area contributed by atoms with Crippen LogP contribution in [-0.2, 0) is 0 Å². The lowest BCUT2D eigenvalue weighted by molar-refractivity contribution is 0.218. The summed E-state index contributed by atoms with van der Waals surface area (Å²) in [6.07, 6.45) is 2.64.